The Morgan fingerprint density at radius 2 is 1.57 bits per heavy atom. The lowest BCUT2D eigenvalue weighted by Crippen LogP contribution is -2.50. The van der Waals surface area contributed by atoms with Crippen LogP contribution in [0.4, 0.5) is 16.2 Å². The summed E-state index contributed by atoms with van der Waals surface area (Å²) in [7, 11) is 0. The molecule has 0 aliphatic carbocycles. The van der Waals surface area contributed by atoms with Gasteiger partial charge < -0.3 is 24.8 Å². The first-order chi connectivity index (χ1) is 14.6. The molecule has 2 aromatic rings. The van der Waals surface area contributed by atoms with E-state index < -0.39 is 0 Å². The number of ether oxygens (including phenoxy) is 1. The van der Waals surface area contributed by atoms with Crippen molar-refractivity contribution in [3.63, 3.8) is 0 Å². The van der Waals surface area contributed by atoms with Gasteiger partial charge in [0.05, 0.1) is 13.2 Å². The van der Waals surface area contributed by atoms with Crippen LogP contribution in [0.3, 0.4) is 0 Å². The van der Waals surface area contributed by atoms with Gasteiger partial charge in [-0.05, 0) is 42.5 Å². The van der Waals surface area contributed by atoms with Crippen LogP contribution in [0.2, 0.25) is 5.02 Å². The summed E-state index contributed by atoms with van der Waals surface area (Å²) in [4.78, 5) is 30.9. The number of anilines is 2. The van der Waals surface area contributed by atoms with E-state index in [0.717, 1.165) is 18.8 Å². The van der Waals surface area contributed by atoms with E-state index in [1.54, 1.807) is 34.1 Å². The summed E-state index contributed by atoms with van der Waals surface area (Å²) in [5.74, 6) is -0.00619. The van der Waals surface area contributed by atoms with Gasteiger partial charge in [0.25, 0.3) is 5.91 Å². The number of nitrogens with one attached hydrogen (secondary N) is 1. The molecule has 8 heteroatoms. The molecular weight excluding hydrogens is 404 g/mol. The maximum atomic E-state index is 12.6. The van der Waals surface area contributed by atoms with E-state index in [-0.39, 0.29) is 11.9 Å². The molecule has 2 fully saturated rings. The minimum Gasteiger partial charge on any atom is -0.378 e. The number of nitrogens with zero attached hydrogens (tertiary/aromatic N) is 3. The van der Waals surface area contributed by atoms with Crippen LogP contribution in [0.25, 0.3) is 0 Å². The molecule has 0 atom stereocenters. The number of hydrogen-bond donors (Lipinski definition) is 1. The van der Waals surface area contributed by atoms with Crippen molar-refractivity contribution in [1.29, 1.82) is 0 Å². The van der Waals surface area contributed by atoms with E-state index >= 15 is 0 Å². The average molecular weight is 429 g/mol. The summed E-state index contributed by atoms with van der Waals surface area (Å²) >= 11 is 6.08. The van der Waals surface area contributed by atoms with Crippen LogP contribution in [-0.2, 0) is 4.74 Å². The lowest BCUT2D eigenvalue weighted by atomic mass is 10.1. The molecule has 2 aliphatic heterocycles. The molecule has 30 heavy (non-hydrogen) atoms. The summed E-state index contributed by atoms with van der Waals surface area (Å²) in [6.45, 7) is 5.13. The van der Waals surface area contributed by atoms with Gasteiger partial charge in [-0.3, -0.25) is 4.79 Å². The number of hydrogen-bond acceptors (Lipinski definition) is 4. The summed E-state index contributed by atoms with van der Waals surface area (Å²) in [6.07, 6.45) is 0. The van der Waals surface area contributed by atoms with Crippen LogP contribution in [-0.4, -0.2) is 74.2 Å². The van der Waals surface area contributed by atoms with E-state index in [4.69, 9.17) is 16.3 Å². The molecule has 4 rings (SSSR count). The minimum absolute atomic E-state index is 0.00619. The Morgan fingerprint density at radius 1 is 0.867 bits per heavy atom. The Hall–Kier alpha value is -2.77. The zero-order valence-electron chi connectivity index (χ0n) is 16.7. The SMILES string of the molecule is O=C(Nc1ccc(C(=O)N2CCOCC2)cc1)N1CCN(c2cccc(Cl)c2)CC1. The molecule has 0 unspecified atom stereocenters. The van der Waals surface area contributed by atoms with Crippen molar-refractivity contribution >= 4 is 34.9 Å². The van der Waals surface area contributed by atoms with E-state index in [0.29, 0.717) is 55.7 Å². The van der Waals surface area contributed by atoms with Crippen molar-refractivity contribution in [2.24, 2.45) is 0 Å². The third kappa shape index (κ3) is 4.86. The Labute approximate surface area is 181 Å². The third-order valence-electron chi connectivity index (χ3n) is 5.42. The van der Waals surface area contributed by atoms with Crippen LogP contribution < -0.4 is 10.2 Å². The van der Waals surface area contributed by atoms with Crippen LogP contribution in [0.1, 0.15) is 10.4 Å². The van der Waals surface area contributed by atoms with Crippen molar-refractivity contribution < 1.29 is 14.3 Å². The highest BCUT2D eigenvalue weighted by Crippen LogP contribution is 2.21. The second-order valence-corrected chi connectivity index (χ2v) is 7.80. The molecule has 2 heterocycles. The first-order valence-electron chi connectivity index (χ1n) is 10.1. The van der Waals surface area contributed by atoms with Gasteiger partial charge in [0.15, 0.2) is 0 Å². The highest BCUT2D eigenvalue weighted by molar-refractivity contribution is 6.30. The Kier molecular flexibility index (Phi) is 6.40. The van der Waals surface area contributed by atoms with Gasteiger partial charge in [0.2, 0.25) is 0 Å². The van der Waals surface area contributed by atoms with Crippen LogP contribution in [0, 0.1) is 0 Å². The Morgan fingerprint density at radius 3 is 2.23 bits per heavy atom. The van der Waals surface area contributed by atoms with Gasteiger partial charge in [0, 0.05) is 61.2 Å². The summed E-state index contributed by atoms with van der Waals surface area (Å²) in [6, 6.07) is 14.7. The predicted octanol–water partition coefficient (Wildman–Crippen LogP) is 3.17. The Balaban J connectivity index is 1.29. The number of piperazine rings is 1. The largest absolute Gasteiger partial charge is 0.378 e. The van der Waals surface area contributed by atoms with Gasteiger partial charge in [-0.15, -0.1) is 0 Å². The quantitative estimate of drug-likeness (QED) is 0.815. The van der Waals surface area contributed by atoms with Gasteiger partial charge >= 0.3 is 6.03 Å². The fraction of sp³-hybridized carbons (Fsp3) is 0.364. The van der Waals surface area contributed by atoms with E-state index in [1.807, 2.05) is 24.3 Å². The summed E-state index contributed by atoms with van der Waals surface area (Å²) in [5.41, 5.74) is 2.36. The maximum Gasteiger partial charge on any atom is 0.321 e. The number of rotatable bonds is 3. The van der Waals surface area contributed by atoms with Crippen LogP contribution in [0.5, 0.6) is 0 Å². The number of benzene rings is 2. The molecule has 2 saturated heterocycles. The number of carbonyl (C=O) groups is 2. The minimum atomic E-state index is -0.131. The van der Waals surface area contributed by atoms with Crippen molar-refractivity contribution in [3.8, 4) is 0 Å². The predicted molar refractivity (Wildman–Crippen MR) is 117 cm³/mol. The van der Waals surface area contributed by atoms with Gasteiger partial charge in [-0.25, -0.2) is 4.79 Å². The average Bonchev–Trinajstić information content (AvgIpc) is 2.80. The lowest BCUT2D eigenvalue weighted by molar-refractivity contribution is 0.0303. The first-order valence-corrected chi connectivity index (χ1v) is 10.5. The second-order valence-electron chi connectivity index (χ2n) is 7.37. The molecule has 1 N–H and O–H groups in total. The van der Waals surface area contributed by atoms with Crippen molar-refractivity contribution in [2.45, 2.75) is 0 Å². The van der Waals surface area contributed by atoms with Crippen molar-refractivity contribution in [1.82, 2.24) is 9.80 Å². The van der Waals surface area contributed by atoms with E-state index in [1.165, 1.54) is 0 Å². The standard InChI is InChI=1S/C22H25ClN4O3/c23-18-2-1-3-20(16-18)25-8-10-27(11-9-25)22(29)24-19-6-4-17(5-7-19)21(28)26-12-14-30-15-13-26/h1-7,16H,8-15H2,(H,24,29). The van der Waals surface area contributed by atoms with Crippen molar-refractivity contribution in [3.05, 3.63) is 59.1 Å². The number of urea groups is 1. The normalized spacial score (nSPS) is 17.0. The second kappa shape index (κ2) is 9.36. The molecule has 7 nitrogen and oxygen atoms in total. The molecule has 0 saturated carbocycles. The maximum absolute atomic E-state index is 12.6. The zero-order valence-corrected chi connectivity index (χ0v) is 17.5. The topological polar surface area (TPSA) is 65.1 Å². The zero-order chi connectivity index (χ0) is 20.9. The monoisotopic (exact) mass is 428 g/mol. The van der Waals surface area contributed by atoms with E-state index in [2.05, 4.69) is 10.2 Å². The highest BCUT2D eigenvalue weighted by Gasteiger charge is 2.22. The summed E-state index contributed by atoms with van der Waals surface area (Å²) < 4.78 is 5.29. The molecule has 2 aliphatic rings. The number of carbonyl (C=O) groups excluding carboxylic acids is 2. The fourth-order valence-electron chi connectivity index (χ4n) is 3.69. The molecule has 0 radical (unpaired) electrons. The van der Waals surface area contributed by atoms with Crippen LogP contribution >= 0.6 is 11.6 Å². The third-order valence-corrected chi connectivity index (χ3v) is 5.66. The summed E-state index contributed by atoms with van der Waals surface area (Å²) in [5, 5.41) is 3.63. The van der Waals surface area contributed by atoms with Gasteiger partial charge in [-0.2, -0.15) is 0 Å². The fourth-order valence-corrected chi connectivity index (χ4v) is 3.87. The number of halogens is 1. The number of amides is 3. The molecule has 3 amide bonds. The lowest BCUT2D eigenvalue weighted by Gasteiger charge is -2.36. The van der Waals surface area contributed by atoms with Crippen LogP contribution in [0.15, 0.2) is 48.5 Å². The first kappa shape index (κ1) is 20.5. The van der Waals surface area contributed by atoms with Gasteiger partial charge in [0.1, 0.15) is 0 Å². The smallest absolute Gasteiger partial charge is 0.321 e. The van der Waals surface area contributed by atoms with E-state index in [9.17, 15) is 9.59 Å². The molecule has 158 valence electrons. The molecule has 0 bridgehead atoms. The number of morpholine rings is 1. The highest BCUT2D eigenvalue weighted by atomic mass is 35.5. The molecule has 0 aromatic heterocycles. The molecule has 2 aromatic carbocycles. The Bertz CT molecular complexity index is 892. The van der Waals surface area contributed by atoms with Crippen molar-refractivity contribution in [2.75, 3.05) is 62.7 Å². The molecular formula is C22H25ClN4O3. The molecule has 0 spiro atoms. The van der Waals surface area contributed by atoms with Gasteiger partial charge in [-0.1, -0.05) is 17.7 Å².